The number of aryl methyl sites for hydroxylation is 1. The highest BCUT2D eigenvalue weighted by molar-refractivity contribution is 7.14. The number of thiophene rings is 1. The molecule has 1 amide bonds. The van der Waals surface area contributed by atoms with Crippen molar-refractivity contribution in [2.45, 2.75) is 6.92 Å². The number of para-hydroxylation sites is 1. The number of rotatable bonds is 2. The summed E-state index contributed by atoms with van der Waals surface area (Å²) in [6.45, 7) is 2.27. The molecule has 2 aromatic rings. The zero-order chi connectivity index (χ0) is 13.7. The minimum Gasteiger partial charge on any atom is -0.320 e. The van der Waals surface area contributed by atoms with Crippen molar-refractivity contribution in [3.05, 3.63) is 51.7 Å². The molecule has 96 valence electrons. The normalized spacial score (nSPS) is 9.58. The second kappa shape index (κ2) is 6.19. The smallest absolute Gasteiger partial charge is 0.265 e. The van der Waals surface area contributed by atoms with Crippen LogP contribution in [0, 0.1) is 18.8 Å². The summed E-state index contributed by atoms with van der Waals surface area (Å²) < 4.78 is 0. The first-order valence-electron chi connectivity index (χ1n) is 5.86. The molecule has 1 aromatic heterocycles. The highest BCUT2D eigenvalue weighted by atomic mass is 32.1. The first-order valence-corrected chi connectivity index (χ1v) is 6.68. The molecule has 0 fully saturated rings. The lowest BCUT2D eigenvalue weighted by atomic mass is 10.2. The van der Waals surface area contributed by atoms with E-state index in [2.05, 4.69) is 17.2 Å². The molecule has 19 heavy (non-hydrogen) atoms. The third-order valence-electron chi connectivity index (χ3n) is 2.46. The maximum absolute atomic E-state index is 12.1. The summed E-state index contributed by atoms with van der Waals surface area (Å²) in [6, 6.07) is 11.2. The Bertz CT molecular complexity index is 649. The lowest BCUT2D eigenvalue weighted by Crippen LogP contribution is -2.11. The summed E-state index contributed by atoms with van der Waals surface area (Å²) in [5.74, 6) is 5.63. The van der Waals surface area contributed by atoms with Gasteiger partial charge in [0.2, 0.25) is 0 Å². The highest BCUT2D eigenvalue weighted by Gasteiger charge is 2.09. The van der Waals surface area contributed by atoms with Crippen LogP contribution >= 0.6 is 11.3 Å². The molecule has 0 spiro atoms. The molecule has 0 saturated carbocycles. The van der Waals surface area contributed by atoms with Crippen molar-refractivity contribution in [3.8, 4) is 11.8 Å². The number of carbonyl (C=O) groups is 1. The molecule has 1 aromatic carbocycles. The molecule has 3 nitrogen and oxygen atoms in total. The third kappa shape index (κ3) is 3.44. The Balaban J connectivity index is 2.21. The Hall–Kier alpha value is -2.09. The SMILES string of the molecule is Cc1ccc(C(=O)Nc2ccccc2C#CCN)s1. The Morgan fingerprint density at radius 3 is 2.79 bits per heavy atom. The highest BCUT2D eigenvalue weighted by Crippen LogP contribution is 2.19. The second-order valence-electron chi connectivity index (χ2n) is 3.92. The molecule has 1 heterocycles. The predicted octanol–water partition coefficient (Wildman–Crippen LogP) is 2.62. The number of amides is 1. The van der Waals surface area contributed by atoms with Crippen LogP contribution in [0.25, 0.3) is 0 Å². The molecule has 0 aliphatic heterocycles. The molecule has 0 aliphatic rings. The van der Waals surface area contributed by atoms with E-state index >= 15 is 0 Å². The average molecular weight is 270 g/mol. The van der Waals surface area contributed by atoms with Gasteiger partial charge in [-0.1, -0.05) is 24.0 Å². The van der Waals surface area contributed by atoms with E-state index in [0.717, 1.165) is 10.4 Å². The zero-order valence-electron chi connectivity index (χ0n) is 10.6. The number of hydrogen-bond donors (Lipinski definition) is 2. The minimum atomic E-state index is -0.111. The fourth-order valence-electron chi connectivity index (χ4n) is 1.59. The monoisotopic (exact) mass is 270 g/mol. The number of carbonyl (C=O) groups excluding carboxylic acids is 1. The second-order valence-corrected chi connectivity index (χ2v) is 5.20. The van der Waals surface area contributed by atoms with Gasteiger partial charge in [-0.15, -0.1) is 11.3 Å². The Morgan fingerprint density at radius 1 is 1.32 bits per heavy atom. The molecule has 4 heteroatoms. The van der Waals surface area contributed by atoms with E-state index in [1.165, 1.54) is 11.3 Å². The summed E-state index contributed by atoms with van der Waals surface area (Å²) in [5, 5.41) is 2.88. The van der Waals surface area contributed by atoms with Gasteiger partial charge in [0, 0.05) is 10.4 Å². The third-order valence-corrected chi connectivity index (χ3v) is 3.46. The van der Waals surface area contributed by atoms with Crippen molar-refractivity contribution < 1.29 is 4.79 Å². The molecule has 0 radical (unpaired) electrons. The molecule has 2 rings (SSSR count). The maximum atomic E-state index is 12.1. The lowest BCUT2D eigenvalue weighted by molar-refractivity contribution is 0.103. The van der Waals surface area contributed by atoms with Gasteiger partial charge in [0.05, 0.1) is 17.1 Å². The van der Waals surface area contributed by atoms with Crippen molar-refractivity contribution in [2.24, 2.45) is 5.73 Å². The molecule has 0 aliphatic carbocycles. The quantitative estimate of drug-likeness (QED) is 0.824. The predicted molar refractivity (Wildman–Crippen MR) is 79.4 cm³/mol. The van der Waals surface area contributed by atoms with E-state index in [4.69, 9.17) is 5.73 Å². The van der Waals surface area contributed by atoms with Crippen molar-refractivity contribution in [3.63, 3.8) is 0 Å². The van der Waals surface area contributed by atoms with Crippen molar-refractivity contribution >= 4 is 22.9 Å². The Kier molecular flexibility index (Phi) is 4.35. The summed E-state index contributed by atoms with van der Waals surface area (Å²) in [5.41, 5.74) is 6.84. The van der Waals surface area contributed by atoms with Crippen LogP contribution < -0.4 is 11.1 Å². The molecule has 0 atom stereocenters. The molecule has 0 unspecified atom stereocenters. The van der Waals surface area contributed by atoms with Crippen LogP contribution in [0.3, 0.4) is 0 Å². The van der Waals surface area contributed by atoms with Crippen LogP contribution in [0.1, 0.15) is 20.1 Å². The van der Waals surface area contributed by atoms with Crippen molar-refractivity contribution in [2.75, 3.05) is 11.9 Å². The van der Waals surface area contributed by atoms with Gasteiger partial charge in [0.1, 0.15) is 0 Å². The molecular formula is C15H14N2OS. The number of nitrogens with one attached hydrogen (secondary N) is 1. The molecule has 0 bridgehead atoms. The van der Waals surface area contributed by atoms with Gasteiger partial charge in [-0.3, -0.25) is 4.79 Å². The molecule has 0 saturated heterocycles. The Morgan fingerprint density at radius 2 is 2.11 bits per heavy atom. The summed E-state index contributed by atoms with van der Waals surface area (Å²) >= 11 is 1.47. The summed E-state index contributed by atoms with van der Waals surface area (Å²) in [6.07, 6.45) is 0. The van der Waals surface area contributed by atoms with Crippen molar-refractivity contribution in [1.82, 2.24) is 0 Å². The molecule has 3 N–H and O–H groups in total. The largest absolute Gasteiger partial charge is 0.320 e. The van der Waals surface area contributed by atoms with E-state index in [1.807, 2.05) is 43.3 Å². The topological polar surface area (TPSA) is 55.1 Å². The fraction of sp³-hybridized carbons (Fsp3) is 0.133. The first kappa shape index (κ1) is 13.3. The van der Waals surface area contributed by atoms with Crippen molar-refractivity contribution in [1.29, 1.82) is 0 Å². The lowest BCUT2D eigenvalue weighted by Gasteiger charge is -2.05. The number of anilines is 1. The van der Waals surface area contributed by atoms with E-state index in [9.17, 15) is 4.79 Å². The number of hydrogen-bond acceptors (Lipinski definition) is 3. The van der Waals surface area contributed by atoms with Gasteiger partial charge in [0.25, 0.3) is 5.91 Å². The number of nitrogens with two attached hydrogens (primary N) is 1. The van der Waals surface area contributed by atoms with E-state index in [1.54, 1.807) is 0 Å². The van der Waals surface area contributed by atoms with Gasteiger partial charge >= 0.3 is 0 Å². The van der Waals surface area contributed by atoms with Crippen LogP contribution in [-0.4, -0.2) is 12.5 Å². The fourth-order valence-corrected chi connectivity index (χ4v) is 2.35. The van der Waals surface area contributed by atoms with Gasteiger partial charge in [-0.25, -0.2) is 0 Å². The molecular weight excluding hydrogens is 256 g/mol. The van der Waals surface area contributed by atoms with Crippen LogP contribution in [0.2, 0.25) is 0 Å². The standard InChI is InChI=1S/C15H14N2OS/c1-11-8-9-14(19-11)15(18)17-13-7-3-2-5-12(13)6-4-10-16/h2-3,5,7-9H,10,16H2,1H3,(H,17,18). The van der Waals surface area contributed by atoms with Gasteiger partial charge < -0.3 is 11.1 Å². The van der Waals surface area contributed by atoms with Gasteiger partial charge in [-0.05, 0) is 31.2 Å². The van der Waals surface area contributed by atoms with Crippen LogP contribution in [0.15, 0.2) is 36.4 Å². The zero-order valence-corrected chi connectivity index (χ0v) is 11.4. The summed E-state index contributed by atoms with van der Waals surface area (Å²) in [4.78, 5) is 13.9. The van der Waals surface area contributed by atoms with E-state index < -0.39 is 0 Å². The van der Waals surface area contributed by atoms with E-state index in [0.29, 0.717) is 17.1 Å². The van der Waals surface area contributed by atoms with Crippen LogP contribution in [0.5, 0.6) is 0 Å². The first-order chi connectivity index (χ1) is 9.20. The minimum absolute atomic E-state index is 0.111. The maximum Gasteiger partial charge on any atom is 0.265 e. The van der Waals surface area contributed by atoms with Crippen LogP contribution in [-0.2, 0) is 0 Å². The Labute approximate surface area is 116 Å². The van der Waals surface area contributed by atoms with Crippen LogP contribution in [0.4, 0.5) is 5.69 Å². The van der Waals surface area contributed by atoms with E-state index in [-0.39, 0.29) is 5.91 Å². The number of benzene rings is 1. The average Bonchev–Trinajstić information content (AvgIpc) is 2.84. The van der Waals surface area contributed by atoms with Gasteiger partial charge in [-0.2, -0.15) is 0 Å². The van der Waals surface area contributed by atoms with Gasteiger partial charge in [0.15, 0.2) is 0 Å². The summed E-state index contributed by atoms with van der Waals surface area (Å²) in [7, 11) is 0.